The van der Waals surface area contributed by atoms with Gasteiger partial charge in [-0.2, -0.15) is 0 Å². The van der Waals surface area contributed by atoms with Crippen molar-refractivity contribution in [1.29, 1.82) is 0 Å². The molecule has 2 heterocycles. The Labute approximate surface area is 165 Å². The number of fused-ring (bicyclic) bond motifs is 1. The lowest BCUT2D eigenvalue weighted by Crippen LogP contribution is -2.52. The molecular formula is C21H28N4O3. The van der Waals surface area contributed by atoms with Gasteiger partial charge in [0.05, 0.1) is 0 Å². The summed E-state index contributed by atoms with van der Waals surface area (Å²) >= 11 is 0. The van der Waals surface area contributed by atoms with Crippen LogP contribution < -0.4 is 16.4 Å². The smallest absolute Gasteiger partial charge is 0.255 e. The van der Waals surface area contributed by atoms with Crippen molar-refractivity contribution in [1.82, 2.24) is 15.5 Å². The number of nitrogens with one attached hydrogen (secondary N) is 2. The standard InChI is InChI=1S/C21H28N4O3/c22-10-13-4-1-2-7-17(13)23-11-14-5-3-6-15-16(14)12-25(21(15)28)18-8-9-19(26)24-20(18)27/h3,5-6,13,17-18,23H,1-2,4,7-12,22H2,(H,24,26,27)/t13-,17-,18?/m0/s1. The third-order valence-electron chi connectivity index (χ3n) is 6.45. The van der Waals surface area contributed by atoms with Gasteiger partial charge in [-0.3, -0.25) is 19.7 Å². The normalized spacial score (nSPS) is 27.7. The molecule has 150 valence electrons. The summed E-state index contributed by atoms with van der Waals surface area (Å²) in [4.78, 5) is 38.2. The maximum absolute atomic E-state index is 12.9. The van der Waals surface area contributed by atoms with Gasteiger partial charge in [0.2, 0.25) is 11.8 Å². The summed E-state index contributed by atoms with van der Waals surface area (Å²) in [6, 6.07) is 5.63. The SMILES string of the molecule is NC[C@@H]1CCCC[C@@H]1NCc1cccc2c1CN(C1CCC(=O)NC1=O)C2=O. The molecule has 2 fully saturated rings. The fraction of sp³-hybridized carbons (Fsp3) is 0.571. The minimum atomic E-state index is -0.571. The Morgan fingerprint density at radius 1 is 1.14 bits per heavy atom. The van der Waals surface area contributed by atoms with Crippen LogP contribution in [0, 0.1) is 5.92 Å². The Balaban J connectivity index is 1.48. The zero-order valence-corrected chi connectivity index (χ0v) is 16.1. The average Bonchev–Trinajstić information content (AvgIpc) is 3.04. The molecule has 3 atom stereocenters. The fourth-order valence-corrected chi connectivity index (χ4v) is 4.82. The van der Waals surface area contributed by atoms with Gasteiger partial charge in [-0.1, -0.05) is 25.0 Å². The van der Waals surface area contributed by atoms with Gasteiger partial charge in [0.25, 0.3) is 5.91 Å². The number of benzene rings is 1. The van der Waals surface area contributed by atoms with Crippen LogP contribution in [0.1, 0.15) is 60.0 Å². The second kappa shape index (κ2) is 8.01. The number of carbonyl (C=O) groups is 3. The van der Waals surface area contributed by atoms with Crippen LogP contribution in [0.25, 0.3) is 0 Å². The molecule has 1 aliphatic carbocycles. The quantitative estimate of drug-likeness (QED) is 0.659. The lowest BCUT2D eigenvalue weighted by molar-refractivity contribution is -0.136. The molecule has 0 bridgehead atoms. The van der Waals surface area contributed by atoms with Gasteiger partial charge >= 0.3 is 0 Å². The van der Waals surface area contributed by atoms with E-state index in [-0.39, 0.29) is 24.1 Å². The van der Waals surface area contributed by atoms with Crippen LogP contribution in [0.4, 0.5) is 0 Å². The van der Waals surface area contributed by atoms with Crippen molar-refractivity contribution in [2.45, 2.75) is 63.7 Å². The van der Waals surface area contributed by atoms with E-state index in [0.717, 1.165) is 17.5 Å². The molecule has 7 heteroatoms. The Morgan fingerprint density at radius 2 is 1.96 bits per heavy atom. The summed E-state index contributed by atoms with van der Waals surface area (Å²) in [6.45, 7) is 1.82. The van der Waals surface area contributed by atoms with Crippen LogP contribution in [0.5, 0.6) is 0 Å². The molecule has 3 amide bonds. The van der Waals surface area contributed by atoms with Crippen molar-refractivity contribution in [3.8, 4) is 0 Å². The highest BCUT2D eigenvalue weighted by molar-refractivity contribution is 6.05. The summed E-state index contributed by atoms with van der Waals surface area (Å²) in [5.41, 5.74) is 8.70. The van der Waals surface area contributed by atoms with Gasteiger partial charge in [0.15, 0.2) is 0 Å². The van der Waals surface area contributed by atoms with Crippen LogP contribution in [-0.4, -0.2) is 41.2 Å². The Morgan fingerprint density at radius 3 is 2.75 bits per heavy atom. The highest BCUT2D eigenvalue weighted by Crippen LogP contribution is 2.30. The second-order valence-electron chi connectivity index (χ2n) is 8.11. The van der Waals surface area contributed by atoms with Crippen LogP contribution in [0.2, 0.25) is 0 Å². The predicted molar refractivity (Wildman–Crippen MR) is 104 cm³/mol. The topological polar surface area (TPSA) is 105 Å². The van der Waals surface area contributed by atoms with E-state index < -0.39 is 6.04 Å². The molecule has 4 N–H and O–H groups in total. The number of hydrogen-bond donors (Lipinski definition) is 3. The summed E-state index contributed by atoms with van der Waals surface area (Å²) in [5.74, 6) is -0.252. The maximum atomic E-state index is 12.9. The summed E-state index contributed by atoms with van der Waals surface area (Å²) in [5, 5.41) is 6.01. The monoisotopic (exact) mass is 384 g/mol. The van der Waals surface area contributed by atoms with Crippen molar-refractivity contribution in [2.75, 3.05) is 6.54 Å². The van der Waals surface area contributed by atoms with Crippen molar-refractivity contribution in [3.63, 3.8) is 0 Å². The molecule has 1 unspecified atom stereocenters. The molecule has 3 aliphatic rings. The highest BCUT2D eigenvalue weighted by Gasteiger charge is 2.39. The first-order valence-electron chi connectivity index (χ1n) is 10.3. The van der Waals surface area contributed by atoms with Gasteiger partial charge in [0, 0.05) is 31.1 Å². The first kappa shape index (κ1) is 19.1. The lowest BCUT2D eigenvalue weighted by Gasteiger charge is -2.31. The average molecular weight is 384 g/mol. The minimum Gasteiger partial charge on any atom is -0.330 e. The summed E-state index contributed by atoms with van der Waals surface area (Å²) < 4.78 is 0. The predicted octanol–water partition coefficient (Wildman–Crippen LogP) is 1.05. The lowest BCUT2D eigenvalue weighted by atomic mass is 9.84. The molecule has 0 aromatic heterocycles. The maximum Gasteiger partial charge on any atom is 0.255 e. The molecule has 7 nitrogen and oxygen atoms in total. The van der Waals surface area contributed by atoms with Gasteiger partial charge in [-0.25, -0.2) is 0 Å². The molecule has 28 heavy (non-hydrogen) atoms. The van der Waals surface area contributed by atoms with E-state index in [1.807, 2.05) is 18.2 Å². The molecule has 4 rings (SSSR count). The number of carbonyl (C=O) groups excluding carboxylic acids is 3. The van der Waals surface area contributed by atoms with E-state index in [1.165, 1.54) is 19.3 Å². The minimum absolute atomic E-state index is 0.121. The van der Waals surface area contributed by atoms with Gasteiger partial charge in [-0.05, 0) is 48.9 Å². The van der Waals surface area contributed by atoms with E-state index in [4.69, 9.17) is 5.73 Å². The molecular weight excluding hydrogens is 356 g/mol. The van der Waals surface area contributed by atoms with Gasteiger partial charge in [-0.15, -0.1) is 0 Å². The molecule has 1 saturated heterocycles. The van der Waals surface area contributed by atoms with E-state index in [0.29, 0.717) is 43.6 Å². The first-order chi connectivity index (χ1) is 13.6. The number of nitrogens with two attached hydrogens (primary N) is 1. The summed E-state index contributed by atoms with van der Waals surface area (Å²) in [6.07, 6.45) is 5.44. The van der Waals surface area contributed by atoms with E-state index in [2.05, 4.69) is 10.6 Å². The third-order valence-corrected chi connectivity index (χ3v) is 6.45. The highest BCUT2D eigenvalue weighted by atomic mass is 16.2. The number of rotatable bonds is 5. The van der Waals surface area contributed by atoms with Crippen LogP contribution in [0.15, 0.2) is 18.2 Å². The van der Waals surface area contributed by atoms with E-state index in [1.54, 1.807) is 4.90 Å². The molecule has 0 radical (unpaired) electrons. The Bertz CT molecular complexity index is 794. The Kier molecular flexibility index (Phi) is 5.46. The van der Waals surface area contributed by atoms with Crippen molar-refractivity contribution in [3.05, 3.63) is 34.9 Å². The van der Waals surface area contributed by atoms with Gasteiger partial charge in [0.1, 0.15) is 6.04 Å². The fourth-order valence-electron chi connectivity index (χ4n) is 4.82. The van der Waals surface area contributed by atoms with Gasteiger partial charge < -0.3 is 16.0 Å². The largest absolute Gasteiger partial charge is 0.330 e. The van der Waals surface area contributed by atoms with E-state index >= 15 is 0 Å². The summed E-state index contributed by atoms with van der Waals surface area (Å²) in [7, 11) is 0. The van der Waals surface area contributed by atoms with Crippen LogP contribution in [0.3, 0.4) is 0 Å². The number of imide groups is 1. The van der Waals surface area contributed by atoms with E-state index in [9.17, 15) is 14.4 Å². The number of nitrogens with zero attached hydrogens (tertiary/aromatic N) is 1. The number of piperidine rings is 1. The molecule has 1 aromatic rings. The number of amides is 3. The van der Waals surface area contributed by atoms with Crippen molar-refractivity contribution in [2.24, 2.45) is 11.7 Å². The van der Waals surface area contributed by atoms with Crippen LogP contribution >= 0.6 is 0 Å². The third kappa shape index (κ3) is 3.56. The first-order valence-corrected chi connectivity index (χ1v) is 10.3. The van der Waals surface area contributed by atoms with Crippen molar-refractivity contribution >= 4 is 17.7 Å². The molecule has 1 aromatic carbocycles. The molecule has 1 saturated carbocycles. The second-order valence-corrected chi connectivity index (χ2v) is 8.11. The zero-order chi connectivity index (χ0) is 19.7. The Hall–Kier alpha value is -2.25. The molecule has 0 spiro atoms. The molecule has 2 aliphatic heterocycles. The van der Waals surface area contributed by atoms with Crippen molar-refractivity contribution < 1.29 is 14.4 Å². The number of hydrogen-bond acceptors (Lipinski definition) is 5. The zero-order valence-electron chi connectivity index (χ0n) is 16.1. The van der Waals surface area contributed by atoms with Crippen LogP contribution in [-0.2, 0) is 22.7 Å².